The van der Waals surface area contributed by atoms with Gasteiger partial charge in [0.15, 0.2) is 8.32 Å². The lowest BCUT2D eigenvalue weighted by atomic mass is 10.0. The highest BCUT2D eigenvalue weighted by molar-refractivity contribution is 6.74. The average Bonchev–Trinajstić information content (AvgIpc) is 2.37. The maximum Gasteiger partial charge on any atom is 0.193 e. The van der Waals surface area contributed by atoms with E-state index in [1.807, 2.05) is 49.4 Å². The number of hydrogen-bond donors (Lipinski definition) is 1. The van der Waals surface area contributed by atoms with Gasteiger partial charge in [-0.05, 0) is 30.6 Å². The molecule has 0 aliphatic rings. The number of benzene rings is 1. The van der Waals surface area contributed by atoms with E-state index in [1.54, 1.807) is 0 Å². The Hall–Kier alpha value is -0.903. The first-order valence-electron chi connectivity index (χ1n) is 7.22. The lowest BCUT2D eigenvalue weighted by Gasteiger charge is -2.39. The van der Waals surface area contributed by atoms with Crippen molar-refractivity contribution in [2.75, 3.05) is 0 Å². The fourth-order valence-electron chi connectivity index (χ4n) is 1.76. The van der Waals surface area contributed by atoms with Gasteiger partial charge in [0.2, 0.25) is 0 Å². The summed E-state index contributed by atoms with van der Waals surface area (Å²) >= 11 is 0. The molecule has 1 aromatic carbocycles. The van der Waals surface area contributed by atoms with Crippen molar-refractivity contribution >= 4 is 8.32 Å². The van der Waals surface area contributed by atoms with Gasteiger partial charge in [-0.2, -0.15) is 0 Å². The normalized spacial score (nSPS) is 16.4. The van der Waals surface area contributed by atoms with E-state index in [4.69, 9.17) is 4.43 Å². The third kappa shape index (κ3) is 4.30. The molecule has 2 nitrogen and oxygen atoms in total. The molecule has 0 aromatic heterocycles. The highest BCUT2D eigenvalue weighted by Crippen LogP contribution is 2.39. The van der Waals surface area contributed by atoms with E-state index in [2.05, 4.69) is 33.9 Å². The fraction of sp³-hybridized carbons (Fsp3) is 0.529. The standard InChI is InChI=1S/C17H28O2Si/c1-7-11-15(19-20(5,6)17(2,3)4)16(18)14-12-9-8-10-13-14/h7-13,15-16,18H,1-6H3/b11-7+/t15-,16-/m0/s1. The second-order valence-corrected chi connectivity index (χ2v) is 11.5. The molecule has 0 fully saturated rings. The minimum Gasteiger partial charge on any atom is -0.408 e. The van der Waals surface area contributed by atoms with Crippen LogP contribution in [0.2, 0.25) is 18.1 Å². The molecule has 0 aliphatic carbocycles. The lowest BCUT2D eigenvalue weighted by Crippen LogP contribution is -2.44. The lowest BCUT2D eigenvalue weighted by molar-refractivity contribution is 0.0550. The van der Waals surface area contributed by atoms with Gasteiger partial charge in [-0.3, -0.25) is 0 Å². The van der Waals surface area contributed by atoms with Crippen molar-refractivity contribution in [2.45, 2.75) is 58.0 Å². The molecule has 0 spiro atoms. The quantitative estimate of drug-likeness (QED) is 0.630. The third-order valence-electron chi connectivity index (χ3n) is 4.07. The average molecular weight is 292 g/mol. The van der Waals surface area contributed by atoms with E-state index in [0.717, 1.165) is 5.56 Å². The van der Waals surface area contributed by atoms with Crippen LogP contribution >= 0.6 is 0 Å². The van der Waals surface area contributed by atoms with Crippen molar-refractivity contribution in [1.82, 2.24) is 0 Å². The van der Waals surface area contributed by atoms with Crippen LogP contribution in [0.5, 0.6) is 0 Å². The molecule has 2 atom stereocenters. The second-order valence-electron chi connectivity index (χ2n) is 6.72. The van der Waals surface area contributed by atoms with Crippen molar-refractivity contribution in [1.29, 1.82) is 0 Å². The summed E-state index contributed by atoms with van der Waals surface area (Å²) in [6.45, 7) is 13.0. The van der Waals surface area contributed by atoms with Crippen molar-refractivity contribution in [3.05, 3.63) is 48.0 Å². The molecule has 1 rings (SSSR count). The van der Waals surface area contributed by atoms with Crippen molar-refractivity contribution in [2.24, 2.45) is 0 Å². The van der Waals surface area contributed by atoms with Crippen LogP contribution in [0, 0.1) is 0 Å². The fourth-order valence-corrected chi connectivity index (χ4v) is 3.00. The molecule has 0 heterocycles. The van der Waals surface area contributed by atoms with Crippen LogP contribution < -0.4 is 0 Å². The number of allylic oxidation sites excluding steroid dienone is 1. The van der Waals surface area contributed by atoms with Gasteiger partial charge in [-0.1, -0.05) is 63.3 Å². The Kier molecular flexibility index (Phi) is 5.75. The zero-order valence-electron chi connectivity index (χ0n) is 13.6. The van der Waals surface area contributed by atoms with Crippen LogP contribution in [0.4, 0.5) is 0 Å². The van der Waals surface area contributed by atoms with Gasteiger partial charge in [0.25, 0.3) is 0 Å². The van der Waals surface area contributed by atoms with Crippen LogP contribution in [-0.4, -0.2) is 19.5 Å². The third-order valence-corrected chi connectivity index (χ3v) is 8.55. The number of aliphatic hydroxyl groups is 1. The Balaban J connectivity index is 2.96. The van der Waals surface area contributed by atoms with Crippen LogP contribution in [0.15, 0.2) is 42.5 Å². The summed E-state index contributed by atoms with van der Waals surface area (Å²) in [4.78, 5) is 0. The minimum absolute atomic E-state index is 0.128. The van der Waals surface area contributed by atoms with Crippen LogP contribution in [0.1, 0.15) is 39.4 Å². The Bertz CT molecular complexity index is 432. The Morgan fingerprint density at radius 2 is 1.70 bits per heavy atom. The molecule has 112 valence electrons. The Morgan fingerprint density at radius 1 is 1.15 bits per heavy atom. The van der Waals surface area contributed by atoms with Crippen molar-refractivity contribution < 1.29 is 9.53 Å². The highest BCUT2D eigenvalue weighted by atomic mass is 28.4. The minimum atomic E-state index is -1.91. The maximum atomic E-state index is 10.6. The summed E-state index contributed by atoms with van der Waals surface area (Å²) < 4.78 is 6.36. The SMILES string of the molecule is C/C=C/[C@H](O[Si](C)(C)C(C)(C)C)[C@@H](O)c1ccccc1. The van der Waals surface area contributed by atoms with Gasteiger partial charge >= 0.3 is 0 Å². The van der Waals surface area contributed by atoms with Crippen LogP contribution in [0.3, 0.4) is 0 Å². The zero-order valence-corrected chi connectivity index (χ0v) is 14.6. The van der Waals surface area contributed by atoms with E-state index in [1.165, 1.54) is 0 Å². The molecule has 1 N–H and O–H groups in total. The number of rotatable bonds is 5. The predicted molar refractivity (Wildman–Crippen MR) is 88.3 cm³/mol. The number of hydrogen-bond acceptors (Lipinski definition) is 2. The van der Waals surface area contributed by atoms with E-state index in [-0.39, 0.29) is 11.1 Å². The van der Waals surface area contributed by atoms with Crippen LogP contribution in [0.25, 0.3) is 0 Å². The Morgan fingerprint density at radius 3 is 2.15 bits per heavy atom. The van der Waals surface area contributed by atoms with Gasteiger partial charge < -0.3 is 9.53 Å². The molecule has 0 radical (unpaired) electrons. The highest BCUT2D eigenvalue weighted by Gasteiger charge is 2.40. The van der Waals surface area contributed by atoms with Gasteiger partial charge in [0.05, 0.1) is 6.10 Å². The van der Waals surface area contributed by atoms with Gasteiger partial charge in [0.1, 0.15) is 6.10 Å². The molecule has 0 unspecified atom stereocenters. The van der Waals surface area contributed by atoms with Crippen molar-refractivity contribution in [3.8, 4) is 0 Å². The largest absolute Gasteiger partial charge is 0.408 e. The Labute approximate surface area is 124 Å². The van der Waals surface area contributed by atoms with E-state index < -0.39 is 14.4 Å². The molecule has 3 heteroatoms. The molecule has 1 aromatic rings. The van der Waals surface area contributed by atoms with Gasteiger partial charge in [0, 0.05) is 0 Å². The summed E-state index contributed by atoms with van der Waals surface area (Å²) in [7, 11) is -1.91. The monoisotopic (exact) mass is 292 g/mol. The summed E-state index contributed by atoms with van der Waals surface area (Å²) in [5, 5.41) is 10.7. The van der Waals surface area contributed by atoms with Crippen LogP contribution in [-0.2, 0) is 4.43 Å². The first kappa shape index (κ1) is 17.1. The summed E-state index contributed by atoms with van der Waals surface area (Å²) in [6.07, 6.45) is 2.99. The van der Waals surface area contributed by atoms with E-state index in [9.17, 15) is 5.11 Å². The summed E-state index contributed by atoms with van der Waals surface area (Å²) in [5.74, 6) is 0. The molecular weight excluding hydrogens is 264 g/mol. The van der Waals surface area contributed by atoms with Crippen molar-refractivity contribution in [3.63, 3.8) is 0 Å². The molecule has 0 saturated carbocycles. The van der Waals surface area contributed by atoms with E-state index in [0.29, 0.717) is 0 Å². The molecule has 0 saturated heterocycles. The second kappa shape index (κ2) is 6.70. The predicted octanol–water partition coefficient (Wildman–Crippen LogP) is 4.69. The first-order chi connectivity index (χ1) is 9.19. The molecule has 20 heavy (non-hydrogen) atoms. The van der Waals surface area contributed by atoms with Gasteiger partial charge in [-0.25, -0.2) is 0 Å². The molecular formula is C17H28O2Si. The molecule has 0 amide bonds. The topological polar surface area (TPSA) is 29.5 Å². The maximum absolute atomic E-state index is 10.6. The molecule has 0 bridgehead atoms. The number of aliphatic hydroxyl groups excluding tert-OH is 1. The summed E-state index contributed by atoms with van der Waals surface area (Å²) in [5.41, 5.74) is 0.898. The first-order valence-corrected chi connectivity index (χ1v) is 10.1. The van der Waals surface area contributed by atoms with Gasteiger partial charge in [-0.15, -0.1) is 0 Å². The summed E-state index contributed by atoms with van der Waals surface area (Å²) in [6, 6.07) is 9.72. The smallest absolute Gasteiger partial charge is 0.193 e. The van der Waals surface area contributed by atoms with E-state index >= 15 is 0 Å². The zero-order chi connectivity index (χ0) is 15.4. The molecule has 0 aliphatic heterocycles.